The highest BCUT2D eigenvalue weighted by Crippen LogP contribution is 2.33. The van der Waals surface area contributed by atoms with Gasteiger partial charge in [-0.3, -0.25) is 4.79 Å². The topological polar surface area (TPSA) is 103 Å². The summed E-state index contributed by atoms with van der Waals surface area (Å²) in [5.74, 6) is 0.425. The number of rotatable bonds is 6. The predicted octanol–water partition coefficient (Wildman–Crippen LogP) is 3.54. The van der Waals surface area contributed by atoms with Crippen molar-refractivity contribution in [2.45, 2.75) is 19.0 Å². The maximum absolute atomic E-state index is 13.2. The van der Waals surface area contributed by atoms with Gasteiger partial charge in [-0.2, -0.15) is 9.78 Å². The summed E-state index contributed by atoms with van der Waals surface area (Å²) in [7, 11) is 1.60. The summed E-state index contributed by atoms with van der Waals surface area (Å²) >= 11 is 1.39. The number of ether oxygens (including phenoxy) is 1. The van der Waals surface area contributed by atoms with Gasteiger partial charge in [0.25, 0.3) is 11.8 Å². The summed E-state index contributed by atoms with van der Waals surface area (Å²) in [5.41, 5.74) is 1.60. The van der Waals surface area contributed by atoms with Gasteiger partial charge in [0.2, 0.25) is 0 Å². The smallest absolute Gasteiger partial charge is 0.437 e. The number of amides is 1. The molecule has 0 spiro atoms. The molecule has 1 aliphatic rings. The van der Waals surface area contributed by atoms with Crippen molar-refractivity contribution < 1.29 is 18.4 Å². The molecule has 10 heteroatoms. The molecule has 0 radical (unpaired) electrons. The molecular weight excluding hydrogens is 432 g/mol. The van der Waals surface area contributed by atoms with Gasteiger partial charge in [0.1, 0.15) is 24.1 Å². The molecule has 1 atom stereocenters. The molecule has 1 amide bonds. The second-order valence-corrected chi connectivity index (χ2v) is 8.00. The Balaban J connectivity index is 1.43. The fourth-order valence-electron chi connectivity index (χ4n) is 3.51. The normalized spacial score (nSPS) is 15.7. The maximum atomic E-state index is 13.2. The number of carbonyl (C=O) groups is 1. The number of hydrazone groups is 1. The minimum Gasteiger partial charge on any atom is -0.497 e. The number of thiophene rings is 1. The summed E-state index contributed by atoms with van der Waals surface area (Å²) in [6, 6.07) is 14.2. The third kappa shape index (κ3) is 3.76. The van der Waals surface area contributed by atoms with E-state index in [1.54, 1.807) is 31.6 Å². The molecule has 1 aliphatic heterocycles. The van der Waals surface area contributed by atoms with Crippen molar-refractivity contribution in [2.75, 3.05) is 7.11 Å². The number of hydrogen-bond acceptors (Lipinski definition) is 8. The van der Waals surface area contributed by atoms with E-state index < -0.39 is 17.7 Å². The second-order valence-electron chi connectivity index (χ2n) is 7.06. The zero-order chi connectivity index (χ0) is 22.1. The number of benzene rings is 1. The minimum atomic E-state index is -0.699. The van der Waals surface area contributed by atoms with Crippen LogP contribution in [-0.2, 0) is 11.3 Å². The van der Waals surface area contributed by atoms with Crippen LogP contribution >= 0.6 is 11.3 Å². The van der Waals surface area contributed by atoms with E-state index >= 15 is 0 Å². The molecule has 4 aromatic rings. The lowest BCUT2D eigenvalue weighted by molar-refractivity contribution is -0.134. The number of furan rings is 1. The molecule has 1 aromatic carbocycles. The highest BCUT2D eigenvalue weighted by Gasteiger charge is 2.35. The first-order valence-corrected chi connectivity index (χ1v) is 10.7. The molecule has 9 nitrogen and oxygen atoms in total. The number of carbonyl (C=O) groups excluding carboxylic acids is 1. The van der Waals surface area contributed by atoms with Crippen molar-refractivity contribution in [3.8, 4) is 16.5 Å². The minimum absolute atomic E-state index is 0.184. The van der Waals surface area contributed by atoms with Crippen LogP contribution in [-0.4, -0.2) is 33.5 Å². The van der Waals surface area contributed by atoms with Gasteiger partial charge in [0.05, 0.1) is 24.0 Å². The third-order valence-electron chi connectivity index (χ3n) is 5.08. The molecule has 0 saturated heterocycles. The summed E-state index contributed by atoms with van der Waals surface area (Å²) in [5, 5.41) is 11.9. The van der Waals surface area contributed by atoms with E-state index in [9.17, 15) is 9.59 Å². The van der Waals surface area contributed by atoms with Crippen molar-refractivity contribution in [1.29, 1.82) is 0 Å². The lowest BCUT2D eigenvalue weighted by atomic mass is 10.0. The van der Waals surface area contributed by atoms with Gasteiger partial charge in [-0.15, -0.1) is 16.4 Å². The number of hydrogen-bond donors (Lipinski definition) is 0. The molecule has 5 rings (SSSR count). The van der Waals surface area contributed by atoms with Crippen molar-refractivity contribution in [3.63, 3.8) is 0 Å². The molecule has 0 N–H and O–H groups in total. The van der Waals surface area contributed by atoms with E-state index in [0.29, 0.717) is 17.1 Å². The number of methoxy groups -OCH3 is 1. The fourth-order valence-corrected chi connectivity index (χ4v) is 4.15. The summed E-state index contributed by atoms with van der Waals surface area (Å²) in [4.78, 5) is 26.1. The second kappa shape index (κ2) is 8.31. The Hall–Kier alpha value is -3.92. The van der Waals surface area contributed by atoms with Crippen LogP contribution in [0.3, 0.4) is 0 Å². The first kappa shape index (κ1) is 20.0. The maximum Gasteiger partial charge on any atom is 0.437 e. The summed E-state index contributed by atoms with van der Waals surface area (Å²) in [6.07, 6.45) is 2.03. The van der Waals surface area contributed by atoms with E-state index in [1.807, 2.05) is 35.7 Å². The molecule has 3 aromatic heterocycles. The Bertz CT molecular complexity index is 1300. The van der Waals surface area contributed by atoms with E-state index in [4.69, 9.17) is 13.6 Å². The number of nitrogens with zero attached hydrogens (tertiary/aromatic N) is 4. The Labute approximate surface area is 186 Å². The van der Waals surface area contributed by atoms with E-state index in [-0.39, 0.29) is 12.4 Å². The predicted molar refractivity (Wildman–Crippen MR) is 117 cm³/mol. The summed E-state index contributed by atoms with van der Waals surface area (Å²) in [6.45, 7) is -0.301. The monoisotopic (exact) mass is 450 g/mol. The molecular formula is C22H18N4O5S. The van der Waals surface area contributed by atoms with Crippen LogP contribution in [0, 0.1) is 0 Å². The first-order valence-electron chi connectivity index (χ1n) is 9.81. The number of aromatic nitrogens is 2. The van der Waals surface area contributed by atoms with Crippen LogP contribution in [0.4, 0.5) is 0 Å². The molecule has 32 heavy (non-hydrogen) atoms. The van der Waals surface area contributed by atoms with Crippen LogP contribution < -0.4 is 10.5 Å². The largest absolute Gasteiger partial charge is 0.497 e. The van der Waals surface area contributed by atoms with E-state index in [1.165, 1.54) is 16.3 Å². The average molecular weight is 450 g/mol. The van der Waals surface area contributed by atoms with Crippen molar-refractivity contribution in [3.05, 3.63) is 82.0 Å². The van der Waals surface area contributed by atoms with E-state index in [0.717, 1.165) is 21.7 Å². The van der Waals surface area contributed by atoms with Crippen LogP contribution in [0.1, 0.15) is 23.8 Å². The Morgan fingerprint density at radius 3 is 2.75 bits per heavy atom. The highest BCUT2D eigenvalue weighted by molar-refractivity contribution is 7.13. The first-order chi connectivity index (χ1) is 15.6. The Kier molecular flexibility index (Phi) is 5.20. The molecule has 1 unspecified atom stereocenters. The van der Waals surface area contributed by atoms with Gasteiger partial charge in [0, 0.05) is 6.42 Å². The zero-order valence-corrected chi connectivity index (χ0v) is 17.8. The molecule has 162 valence electrons. The summed E-state index contributed by atoms with van der Waals surface area (Å²) < 4.78 is 17.0. The van der Waals surface area contributed by atoms with Gasteiger partial charge in [-0.1, -0.05) is 6.07 Å². The van der Waals surface area contributed by atoms with Gasteiger partial charge in [-0.05, 0) is 53.4 Å². The van der Waals surface area contributed by atoms with Crippen molar-refractivity contribution in [2.24, 2.45) is 5.10 Å². The van der Waals surface area contributed by atoms with Gasteiger partial charge < -0.3 is 13.6 Å². The van der Waals surface area contributed by atoms with Gasteiger partial charge >= 0.3 is 5.76 Å². The van der Waals surface area contributed by atoms with Crippen molar-refractivity contribution >= 4 is 23.0 Å². The third-order valence-corrected chi connectivity index (χ3v) is 5.94. The molecule has 0 fully saturated rings. The van der Waals surface area contributed by atoms with Crippen LogP contribution in [0.2, 0.25) is 0 Å². The quantitative estimate of drug-likeness (QED) is 0.445. The average Bonchev–Trinajstić information content (AvgIpc) is 3.60. The van der Waals surface area contributed by atoms with E-state index in [2.05, 4.69) is 10.2 Å². The van der Waals surface area contributed by atoms with Crippen LogP contribution in [0.15, 0.2) is 78.9 Å². The Morgan fingerprint density at radius 1 is 1.22 bits per heavy atom. The molecule has 4 heterocycles. The van der Waals surface area contributed by atoms with Crippen molar-refractivity contribution in [1.82, 2.24) is 14.8 Å². The molecule has 0 aliphatic carbocycles. The standard InChI is InChI=1S/C22H18N4O5S/c1-29-15-8-6-14(7-9-15)16-12-17(18-4-2-10-30-18)26(23-16)20(27)13-25-22(28)31-21(24-25)19-5-3-11-32-19/h2-11,17H,12-13H2,1H3. The lowest BCUT2D eigenvalue weighted by Crippen LogP contribution is -2.33. The zero-order valence-electron chi connectivity index (χ0n) is 17.0. The fraction of sp³-hybridized carbons (Fsp3) is 0.182. The Morgan fingerprint density at radius 2 is 2.06 bits per heavy atom. The van der Waals surface area contributed by atoms with Gasteiger partial charge in [0.15, 0.2) is 0 Å². The van der Waals surface area contributed by atoms with Gasteiger partial charge in [-0.25, -0.2) is 9.80 Å². The molecule has 0 bridgehead atoms. The highest BCUT2D eigenvalue weighted by atomic mass is 32.1. The SMILES string of the molecule is COc1ccc(C2=NN(C(=O)Cn3nc(-c4cccs4)oc3=O)C(c3ccco3)C2)cc1. The van der Waals surface area contributed by atoms with Crippen LogP contribution in [0.5, 0.6) is 5.75 Å². The van der Waals surface area contributed by atoms with Crippen LogP contribution in [0.25, 0.3) is 10.8 Å². The molecule has 0 saturated carbocycles. The lowest BCUT2D eigenvalue weighted by Gasteiger charge is -2.19.